The number of carbonyl (C=O) groups excluding carboxylic acids is 1. The Morgan fingerprint density at radius 3 is 3.00 bits per heavy atom. The standard InChI is InChI=1S/C13H18N8O4/c14-11-10-12(19-4-18-11)21(5-20-10)8-1-6(22)7(25-8)3-24-9(23)2-17-13(15)16/h4-8,22H,1-3H2,(H2,14,18,19)(H4,15,16,17). The van der Waals surface area contributed by atoms with Gasteiger partial charge in [0.15, 0.2) is 17.4 Å². The third kappa shape index (κ3) is 3.59. The predicted octanol–water partition coefficient (Wildman–Crippen LogP) is -2.13. The lowest BCUT2D eigenvalue weighted by Crippen LogP contribution is -2.29. The molecule has 0 aromatic carbocycles. The molecule has 2 aromatic heterocycles. The molecule has 7 N–H and O–H groups in total. The van der Waals surface area contributed by atoms with Gasteiger partial charge < -0.3 is 31.8 Å². The lowest BCUT2D eigenvalue weighted by atomic mass is 10.2. The number of nitrogens with zero attached hydrogens (tertiary/aromatic N) is 5. The second kappa shape index (κ2) is 6.86. The quantitative estimate of drug-likeness (QED) is 0.263. The Kier molecular flexibility index (Phi) is 4.63. The predicted molar refractivity (Wildman–Crippen MR) is 85.9 cm³/mol. The Hall–Kier alpha value is -2.99. The molecule has 12 nitrogen and oxygen atoms in total. The number of hydrogen-bond donors (Lipinski definition) is 4. The molecule has 0 amide bonds. The molecular formula is C13H18N8O4. The zero-order valence-electron chi connectivity index (χ0n) is 13.1. The monoisotopic (exact) mass is 350 g/mol. The number of rotatable bonds is 5. The molecule has 0 aliphatic carbocycles. The van der Waals surface area contributed by atoms with Gasteiger partial charge in [-0.1, -0.05) is 0 Å². The maximum absolute atomic E-state index is 11.5. The molecule has 12 heteroatoms. The van der Waals surface area contributed by atoms with Gasteiger partial charge in [-0.15, -0.1) is 0 Å². The normalized spacial score (nSPS) is 22.8. The summed E-state index contributed by atoms with van der Waals surface area (Å²) in [6, 6.07) is 0. The molecule has 3 atom stereocenters. The number of hydrogen-bond acceptors (Lipinski definition) is 9. The van der Waals surface area contributed by atoms with Crippen molar-refractivity contribution in [2.45, 2.75) is 24.9 Å². The number of carbonyl (C=O) groups is 1. The van der Waals surface area contributed by atoms with Gasteiger partial charge >= 0.3 is 5.97 Å². The highest BCUT2D eigenvalue weighted by Gasteiger charge is 2.36. The average molecular weight is 350 g/mol. The van der Waals surface area contributed by atoms with E-state index in [1.165, 1.54) is 12.7 Å². The summed E-state index contributed by atoms with van der Waals surface area (Å²) in [6.45, 7) is -0.419. The minimum absolute atomic E-state index is 0.125. The Bertz CT molecular complexity index is 802. The van der Waals surface area contributed by atoms with Gasteiger partial charge in [-0.3, -0.25) is 9.36 Å². The maximum Gasteiger partial charge on any atom is 0.327 e. The highest BCUT2D eigenvalue weighted by molar-refractivity contribution is 5.81. The molecule has 1 fully saturated rings. The Morgan fingerprint density at radius 1 is 1.44 bits per heavy atom. The molecule has 1 aliphatic rings. The van der Waals surface area contributed by atoms with Crippen molar-refractivity contribution in [3.63, 3.8) is 0 Å². The van der Waals surface area contributed by atoms with E-state index in [9.17, 15) is 9.90 Å². The van der Waals surface area contributed by atoms with E-state index in [4.69, 9.17) is 26.7 Å². The van der Waals surface area contributed by atoms with E-state index in [0.29, 0.717) is 11.2 Å². The first-order valence-corrected chi connectivity index (χ1v) is 7.43. The largest absolute Gasteiger partial charge is 0.461 e. The summed E-state index contributed by atoms with van der Waals surface area (Å²) in [5, 5.41) is 10.1. The van der Waals surface area contributed by atoms with Crippen molar-refractivity contribution in [1.29, 1.82) is 0 Å². The number of anilines is 1. The van der Waals surface area contributed by atoms with Gasteiger partial charge in [-0.25, -0.2) is 19.9 Å². The smallest absolute Gasteiger partial charge is 0.327 e. The van der Waals surface area contributed by atoms with Crippen molar-refractivity contribution in [3.05, 3.63) is 12.7 Å². The number of nitrogens with two attached hydrogens (primary N) is 3. The zero-order chi connectivity index (χ0) is 18.0. The number of esters is 1. The summed E-state index contributed by atoms with van der Waals surface area (Å²) in [5.41, 5.74) is 17.0. The number of aliphatic hydroxyl groups excluding tert-OH is 1. The summed E-state index contributed by atoms with van der Waals surface area (Å²) >= 11 is 0. The third-order valence-electron chi connectivity index (χ3n) is 3.70. The van der Waals surface area contributed by atoms with Gasteiger partial charge in [0.2, 0.25) is 0 Å². The molecule has 3 rings (SSSR count). The van der Waals surface area contributed by atoms with E-state index in [0.717, 1.165) is 0 Å². The number of nitrogen functional groups attached to an aromatic ring is 1. The number of fused-ring (bicyclic) bond motifs is 1. The number of imidazole rings is 1. The molecule has 0 radical (unpaired) electrons. The number of ether oxygens (including phenoxy) is 2. The van der Waals surface area contributed by atoms with Gasteiger partial charge in [0.05, 0.1) is 12.4 Å². The topological polar surface area (TPSA) is 190 Å². The van der Waals surface area contributed by atoms with Crippen LogP contribution in [0.5, 0.6) is 0 Å². The van der Waals surface area contributed by atoms with Gasteiger partial charge in [-0.05, 0) is 0 Å². The minimum Gasteiger partial charge on any atom is -0.461 e. The molecule has 0 bridgehead atoms. The highest BCUT2D eigenvalue weighted by atomic mass is 16.6. The Labute approximate surface area is 141 Å². The highest BCUT2D eigenvalue weighted by Crippen LogP contribution is 2.31. The minimum atomic E-state index is -0.822. The Morgan fingerprint density at radius 2 is 2.24 bits per heavy atom. The fourth-order valence-corrected chi connectivity index (χ4v) is 2.49. The number of aliphatic imine (C=N–C) groups is 1. The molecule has 3 heterocycles. The first-order chi connectivity index (χ1) is 12.0. The van der Waals surface area contributed by atoms with E-state index < -0.39 is 24.4 Å². The second-order valence-electron chi connectivity index (χ2n) is 5.44. The SMILES string of the molecule is NC(N)=NCC(=O)OCC1OC(n2cnc3c(N)ncnc32)CC1O. The average Bonchev–Trinajstić information content (AvgIpc) is 3.15. The van der Waals surface area contributed by atoms with Crippen molar-refractivity contribution in [3.8, 4) is 0 Å². The van der Waals surface area contributed by atoms with Crippen LogP contribution in [-0.4, -0.2) is 61.9 Å². The van der Waals surface area contributed by atoms with E-state index in [1.54, 1.807) is 4.57 Å². The summed E-state index contributed by atoms with van der Waals surface area (Å²) < 4.78 is 12.4. The molecule has 1 aliphatic heterocycles. The zero-order valence-corrected chi connectivity index (χ0v) is 13.1. The molecule has 0 spiro atoms. The number of aromatic nitrogens is 4. The van der Waals surface area contributed by atoms with E-state index in [-0.39, 0.29) is 31.3 Å². The van der Waals surface area contributed by atoms with Gasteiger partial charge in [-0.2, -0.15) is 0 Å². The first-order valence-electron chi connectivity index (χ1n) is 7.43. The second-order valence-corrected chi connectivity index (χ2v) is 5.44. The lowest BCUT2D eigenvalue weighted by molar-refractivity contribution is -0.148. The van der Waals surface area contributed by atoms with Crippen LogP contribution in [0.15, 0.2) is 17.6 Å². The summed E-state index contributed by atoms with van der Waals surface area (Å²) in [6.07, 6.45) is 1.09. The maximum atomic E-state index is 11.5. The van der Waals surface area contributed by atoms with Crippen LogP contribution >= 0.6 is 0 Å². The van der Waals surface area contributed by atoms with Crippen molar-refractivity contribution in [1.82, 2.24) is 19.5 Å². The van der Waals surface area contributed by atoms with Crippen LogP contribution in [0.2, 0.25) is 0 Å². The van der Waals surface area contributed by atoms with Gasteiger partial charge in [0.25, 0.3) is 0 Å². The van der Waals surface area contributed by atoms with Crippen molar-refractivity contribution >= 4 is 28.9 Å². The van der Waals surface area contributed by atoms with Crippen LogP contribution in [0.1, 0.15) is 12.6 Å². The van der Waals surface area contributed by atoms with Crippen LogP contribution in [-0.2, 0) is 14.3 Å². The lowest BCUT2D eigenvalue weighted by Gasteiger charge is -2.15. The first kappa shape index (κ1) is 16.9. The fourth-order valence-electron chi connectivity index (χ4n) is 2.49. The van der Waals surface area contributed by atoms with Crippen LogP contribution in [0, 0.1) is 0 Å². The molecule has 3 unspecified atom stereocenters. The number of guanidine groups is 1. The molecule has 0 saturated carbocycles. The Balaban J connectivity index is 1.64. The number of aliphatic hydroxyl groups is 1. The van der Waals surface area contributed by atoms with Crippen LogP contribution in [0.25, 0.3) is 11.2 Å². The van der Waals surface area contributed by atoms with E-state index in [2.05, 4.69) is 19.9 Å². The summed E-state index contributed by atoms with van der Waals surface area (Å²) in [7, 11) is 0. The van der Waals surface area contributed by atoms with Crippen LogP contribution < -0.4 is 17.2 Å². The van der Waals surface area contributed by atoms with Gasteiger partial charge in [0, 0.05) is 6.42 Å². The molecule has 1 saturated heterocycles. The van der Waals surface area contributed by atoms with E-state index in [1.807, 2.05) is 0 Å². The molecule has 25 heavy (non-hydrogen) atoms. The van der Waals surface area contributed by atoms with Crippen LogP contribution in [0.3, 0.4) is 0 Å². The fraction of sp³-hybridized carbons (Fsp3) is 0.462. The van der Waals surface area contributed by atoms with Crippen molar-refractivity contribution < 1.29 is 19.4 Å². The van der Waals surface area contributed by atoms with E-state index >= 15 is 0 Å². The van der Waals surface area contributed by atoms with Crippen molar-refractivity contribution in [2.75, 3.05) is 18.9 Å². The molecule has 134 valence electrons. The summed E-state index contributed by atoms with van der Waals surface area (Å²) in [5.74, 6) is -0.573. The molecular weight excluding hydrogens is 332 g/mol. The summed E-state index contributed by atoms with van der Waals surface area (Å²) in [4.78, 5) is 27.2. The third-order valence-corrected chi connectivity index (χ3v) is 3.70. The van der Waals surface area contributed by atoms with Crippen molar-refractivity contribution in [2.24, 2.45) is 16.5 Å². The van der Waals surface area contributed by atoms with Gasteiger partial charge in [0.1, 0.15) is 37.3 Å². The molecule has 2 aromatic rings. The van der Waals surface area contributed by atoms with Crippen LogP contribution in [0.4, 0.5) is 5.82 Å².